The first-order valence-electron chi connectivity index (χ1n) is 14.6. The van der Waals surface area contributed by atoms with E-state index in [1.165, 1.54) is 38.1 Å². The number of furan rings is 1. The highest BCUT2D eigenvalue weighted by Crippen LogP contribution is 2.34. The van der Waals surface area contributed by atoms with E-state index in [-0.39, 0.29) is 81.0 Å². The molecule has 244 valence electrons. The maximum absolute atomic E-state index is 12.1. The van der Waals surface area contributed by atoms with Crippen LogP contribution < -0.4 is 42.4 Å². The van der Waals surface area contributed by atoms with Crippen LogP contribution in [0.1, 0.15) is 72.4 Å². The summed E-state index contributed by atoms with van der Waals surface area (Å²) < 4.78 is 10.7. The zero-order chi connectivity index (χ0) is 34.6. The number of aromatic hydroxyl groups is 2. The average Bonchev–Trinajstić information content (AvgIpc) is 3.49. The topological polar surface area (TPSA) is 201 Å². The van der Waals surface area contributed by atoms with E-state index in [1.807, 2.05) is 26.0 Å². The van der Waals surface area contributed by atoms with Crippen molar-refractivity contribution in [2.24, 2.45) is 0 Å². The molecule has 5 aromatic rings. The van der Waals surface area contributed by atoms with Crippen LogP contribution in [0.2, 0.25) is 0 Å². The molecule has 1 aromatic heterocycles. The number of carbonyl (C=O) groups is 2. The van der Waals surface area contributed by atoms with Gasteiger partial charge < -0.3 is 35.3 Å². The lowest BCUT2D eigenvalue weighted by molar-refractivity contribution is 0.100. The first-order chi connectivity index (χ1) is 22.3. The van der Waals surface area contributed by atoms with Crippen molar-refractivity contribution >= 4 is 40.0 Å². The van der Waals surface area contributed by atoms with Gasteiger partial charge >= 0.3 is 0 Å². The smallest absolute Gasteiger partial charge is 0.272 e. The van der Waals surface area contributed by atoms with E-state index in [2.05, 4.69) is 16.0 Å². The number of hydrogen-bond donors (Lipinski definition) is 5. The van der Waals surface area contributed by atoms with Crippen LogP contribution in [0.3, 0.4) is 0 Å². The van der Waals surface area contributed by atoms with E-state index in [1.54, 1.807) is 19.1 Å². The lowest BCUT2D eigenvalue weighted by Gasteiger charge is -2.20. The summed E-state index contributed by atoms with van der Waals surface area (Å²) in [7, 11) is 0. The van der Waals surface area contributed by atoms with Crippen molar-refractivity contribution in [1.29, 1.82) is 0 Å². The number of aryl methyl sites for hydroxylation is 1. The van der Waals surface area contributed by atoms with Gasteiger partial charge in [-0.3, -0.25) is 28.8 Å². The number of ketones is 2. The number of ether oxygens (including phenoxy) is 1. The summed E-state index contributed by atoms with van der Waals surface area (Å²) in [6.07, 6.45) is 0.635. The van der Waals surface area contributed by atoms with Gasteiger partial charge in [-0.25, -0.2) is 0 Å². The fraction of sp³-hybridized carbons (Fsp3) is 0.235. The molecule has 0 saturated carbocycles. The fourth-order valence-corrected chi connectivity index (χ4v) is 4.73. The minimum atomic E-state index is -0.707. The predicted molar refractivity (Wildman–Crippen MR) is 177 cm³/mol. The number of rotatable bonds is 12. The first kappa shape index (κ1) is 33.9. The number of hydrogen-bond acceptors (Lipinski definition) is 13. The van der Waals surface area contributed by atoms with Crippen LogP contribution in [0.5, 0.6) is 17.2 Å². The predicted octanol–water partition coefficient (Wildman–Crippen LogP) is 4.73. The maximum Gasteiger partial charge on any atom is 0.272 e. The van der Waals surface area contributed by atoms with Crippen molar-refractivity contribution in [3.05, 3.63) is 112 Å². The SMILES string of the molecule is CCOc1c(Nc2cccc(C(C)=O)c2O)c(=O)c1=O.CC[C@@H](Nc1c(Nc2cccc(C(C)=O)c2O)c(=O)c1=O)c1ccc(C)o1. The van der Waals surface area contributed by atoms with Crippen LogP contribution >= 0.6 is 0 Å². The molecule has 47 heavy (non-hydrogen) atoms. The average molecular weight is 644 g/mol. The van der Waals surface area contributed by atoms with Gasteiger partial charge in [-0.2, -0.15) is 0 Å². The van der Waals surface area contributed by atoms with Crippen LogP contribution in [0.4, 0.5) is 28.4 Å². The van der Waals surface area contributed by atoms with Crippen molar-refractivity contribution in [2.75, 3.05) is 22.6 Å². The quantitative estimate of drug-likeness (QED) is 0.0710. The molecule has 13 heteroatoms. The molecule has 13 nitrogen and oxygen atoms in total. The highest BCUT2D eigenvalue weighted by Gasteiger charge is 2.26. The van der Waals surface area contributed by atoms with E-state index in [9.17, 15) is 39.0 Å². The molecule has 0 amide bonds. The zero-order valence-corrected chi connectivity index (χ0v) is 26.3. The van der Waals surface area contributed by atoms with Gasteiger partial charge in [-0.05, 0) is 70.5 Å². The molecule has 0 spiro atoms. The summed E-state index contributed by atoms with van der Waals surface area (Å²) in [5.41, 5.74) is -1.93. The van der Waals surface area contributed by atoms with E-state index >= 15 is 0 Å². The molecule has 0 saturated heterocycles. The summed E-state index contributed by atoms with van der Waals surface area (Å²) in [5.74, 6) is 0.216. The Morgan fingerprint density at radius 1 is 0.745 bits per heavy atom. The largest absolute Gasteiger partial charge is 0.505 e. The number of para-hydroxylation sites is 2. The molecule has 0 aliphatic carbocycles. The number of Topliss-reactive ketones (excluding diaryl/α,β-unsaturated/α-hetero) is 2. The van der Waals surface area contributed by atoms with Crippen molar-refractivity contribution in [3.8, 4) is 17.2 Å². The molecule has 1 heterocycles. The van der Waals surface area contributed by atoms with Crippen molar-refractivity contribution in [1.82, 2.24) is 0 Å². The van der Waals surface area contributed by atoms with Crippen LogP contribution in [-0.2, 0) is 0 Å². The Hall–Kier alpha value is -5.98. The van der Waals surface area contributed by atoms with Gasteiger partial charge in [-0.1, -0.05) is 19.1 Å². The summed E-state index contributed by atoms with van der Waals surface area (Å²) in [6, 6.07) is 12.5. The van der Waals surface area contributed by atoms with E-state index in [0.29, 0.717) is 12.2 Å². The van der Waals surface area contributed by atoms with Gasteiger partial charge in [0.05, 0.1) is 35.2 Å². The third-order valence-electron chi connectivity index (χ3n) is 7.25. The Balaban J connectivity index is 0.000000223. The number of nitrogens with one attached hydrogen (secondary N) is 3. The highest BCUT2D eigenvalue weighted by atomic mass is 16.5. The molecule has 4 aromatic carbocycles. The monoisotopic (exact) mass is 643 g/mol. The van der Waals surface area contributed by atoms with Gasteiger partial charge in [0.25, 0.3) is 21.7 Å². The van der Waals surface area contributed by atoms with Crippen molar-refractivity contribution in [2.45, 2.75) is 47.1 Å². The Morgan fingerprint density at radius 3 is 1.72 bits per heavy atom. The molecule has 5 rings (SSSR count). The van der Waals surface area contributed by atoms with Crippen LogP contribution in [0.15, 0.2) is 72.1 Å². The second kappa shape index (κ2) is 14.0. The number of phenols is 2. The molecule has 0 unspecified atom stereocenters. The molecule has 0 radical (unpaired) electrons. The molecule has 1 atom stereocenters. The standard InChI is InChI=1S/C20H20N2O5.C14H13NO5/c1-4-13(15-9-8-10(2)27-15)21-16-17(20(26)19(16)25)22-14-7-5-6-12(11(3)23)18(14)24;1-3-20-14-10(12(18)13(14)19)15-9-6-4-5-8(7(2)16)11(9)17/h5-9,13,21-22,24H,4H2,1-3H3;4-6,15,17H,3H2,1-2H3/t13-;/m1./s1. The number of benzene rings is 2. The minimum absolute atomic E-state index is 0.00662. The Bertz CT molecular complexity index is 2110. The lowest BCUT2D eigenvalue weighted by atomic mass is 10.1. The third-order valence-corrected chi connectivity index (χ3v) is 7.25. The van der Waals surface area contributed by atoms with E-state index in [4.69, 9.17) is 9.15 Å². The molecule has 0 fully saturated rings. The van der Waals surface area contributed by atoms with Gasteiger partial charge in [0.15, 0.2) is 17.3 Å². The fourth-order valence-electron chi connectivity index (χ4n) is 4.73. The molecular weight excluding hydrogens is 610 g/mol. The summed E-state index contributed by atoms with van der Waals surface area (Å²) in [5, 5.41) is 28.6. The number of carbonyl (C=O) groups excluding carboxylic acids is 2. The number of anilines is 5. The van der Waals surface area contributed by atoms with E-state index < -0.39 is 21.7 Å². The second-order valence-corrected chi connectivity index (χ2v) is 10.5. The van der Waals surface area contributed by atoms with Crippen molar-refractivity contribution in [3.63, 3.8) is 0 Å². The maximum atomic E-state index is 12.1. The van der Waals surface area contributed by atoms with Gasteiger partial charge in [0.2, 0.25) is 0 Å². The third kappa shape index (κ3) is 6.83. The van der Waals surface area contributed by atoms with Gasteiger partial charge in [0, 0.05) is 0 Å². The second-order valence-electron chi connectivity index (χ2n) is 10.5. The zero-order valence-electron chi connectivity index (χ0n) is 26.3. The van der Waals surface area contributed by atoms with Gasteiger partial charge in [0.1, 0.15) is 40.1 Å². The molecule has 5 N–H and O–H groups in total. The highest BCUT2D eigenvalue weighted by molar-refractivity contribution is 5.99. The number of phenolic OH excluding ortho intramolecular Hbond substituents is 2. The first-order valence-corrected chi connectivity index (χ1v) is 14.6. The lowest BCUT2D eigenvalue weighted by Crippen LogP contribution is -2.37. The minimum Gasteiger partial charge on any atom is -0.505 e. The summed E-state index contributed by atoms with van der Waals surface area (Å²) in [6.45, 7) is 8.34. The Labute approximate surface area is 267 Å². The summed E-state index contributed by atoms with van der Waals surface area (Å²) in [4.78, 5) is 69.8. The van der Waals surface area contributed by atoms with Crippen LogP contribution in [0, 0.1) is 6.92 Å². The molecular formula is C34H33N3O10. The molecule has 0 aliphatic rings. The summed E-state index contributed by atoms with van der Waals surface area (Å²) >= 11 is 0. The molecule has 0 bridgehead atoms. The Kier molecular flexibility index (Phi) is 10.1. The van der Waals surface area contributed by atoms with Gasteiger partial charge in [-0.15, -0.1) is 0 Å². The van der Waals surface area contributed by atoms with Crippen molar-refractivity contribution < 1.29 is 29.0 Å². The van der Waals surface area contributed by atoms with Crippen LogP contribution in [0.25, 0.3) is 0 Å². The molecule has 0 aliphatic heterocycles. The normalized spacial score (nSPS) is 11.4. The van der Waals surface area contributed by atoms with Crippen LogP contribution in [-0.4, -0.2) is 28.4 Å². The Morgan fingerprint density at radius 2 is 1.26 bits per heavy atom. The van der Waals surface area contributed by atoms with E-state index in [0.717, 1.165) is 5.76 Å².